The number of halogens is 1. The van der Waals surface area contributed by atoms with E-state index in [0.29, 0.717) is 0 Å². The number of benzene rings is 2. The Balaban J connectivity index is 1.68. The van der Waals surface area contributed by atoms with Gasteiger partial charge in [-0.25, -0.2) is 0 Å². The molecular formula is C23H21ClN8O9S2. The van der Waals surface area contributed by atoms with Gasteiger partial charge in [0.2, 0.25) is 17.2 Å². The van der Waals surface area contributed by atoms with Crippen LogP contribution in [-0.4, -0.2) is 77.2 Å². The maximum absolute atomic E-state index is 12.2. The van der Waals surface area contributed by atoms with Gasteiger partial charge in [-0.15, -0.1) is 4.98 Å². The van der Waals surface area contributed by atoms with Crippen molar-refractivity contribution in [2.24, 2.45) is 0 Å². The van der Waals surface area contributed by atoms with Crippen LogP contribution in [0.25, 0.3) is 12.2 Å². The lowest BCUT2D eigenvalue weighted by atomic mass is 10.1. The van der Waals surface area contributed by atoms with Crippen molar-refractivity contribution in [3.8, 4) is 18.0 Å². The highest BCUT2D eigenvalue weighted by Gasteiger charge is 2.19. The molecule has 17 nitrogen and oxygen atoms in total. The van der Waals surface area contributed by atoms with Crippen LogP contribution in [0.15, 0.2) is 46.2 Å². The van der Waals surface area contributed by atoms with Crippen molar-refractivity contribution in [1.82, 2.24) is 29.9 Å². The number of methoxy groups -OCH3 is 3. The molecule has 0 aliphatic heterocycles. The number of nitrogens with zero attached hydrogens (tertiary/aromatic N) is 6. The first-order valence-corrected chi connectivity index (χ1v) is 14.8. The maximum Gasteiger partial charge on any atom is 0.324 e. The second kappa shape index (κ2) is 12.7. The van der Waals surface area contributed by atoms with Gasteiger partial charge in [0.1, 0.15) is 9.79 Å². The number of rotatable bonds is 11. The Bertz CT molecular complexity index is 1900. The molecule has 0 amide bonds. The molecule has 0 saturated heterocycles. The van der Waals surface area contributed by atoms with Crippen LogP contribution in [0.1, 0.15) is 11.1 Å². The Morgan fingerprint density at radius 2 is 1.05 bits per heavy atom. The van der Waals surface area contributed by atoms with Crippen LogP contribution >= 0.6 is 11.6 Å². The number of hydrogen-bond donors (Lipinski definition) is 4. The summed E-state index contributed by atoms with van der Waals surface area (Å²) in [7, 11) is -5.58. The lowest BCUT2D eigenvalue weighted by Gasteiger charge is -2.11. The molecule has 4 aromatic rings. The number of nitrogens with one attached hydrogen (secondary N) is 2. The van der Waals surface area contributed by atoms with E-state index in [1.165, 1.54) is 57.7 Å². The van der Waals surface area contributed by atoms with Crippen LogP contribution in [0.2, 0.25) is 5.28 Å². The zero-order valence-corrected chi connectivity index (χ0v) is 24.6. The minimum absolute atomic E-state index is 0.0192. The first kappa shape index (κ1) is 31.3. The van der Waals surface area contributed by atoms with E-state index in [4.69, 9.17) is 25.8 Å². The average Bonchev–Trinajstić information content (AvgIpc) is 2.95. The Hall–Kier alpha value is -4.69. The largest absolute Gasteiger partial charge is 0.467 e. The Morgan fingerprint density at radius 3 is 1.44 bits per heavy atom. The van der Waals surface area contributed by atoms with Crippen molar-refractivity contribution in [2.45, 2.75) is 9.79 Å². The first-order valence-electron chi connectivity index (χ1n) is 11.5. The van der Waals surface area contributed by atoms with Gasteiger partial charge in [-0.2, -0.15) is 41.8 Å². The molecular weight excluding hydrogens is 632 g/mol. The molecule has 0 saturated carbocycles. The third-order valence-electron chi connectivity index (χ3n) is 5.27. The third kappa shape index (κ3) is 7.99. The third-order valence-corrected chi connectivity index (χ3v) is 7.26. The van der Waals surface area contributed by atoms with Crippen LogP contribution in [0.3, 0.4) is 0 Å². The second-order valence-corrected chi connectivity index (χ2v) is 11.2. The number of ether oxygens (including phenoxy) is 3. The van der Waals surface area contributed by atoms with Crippen molar-refractivity contribution in [1.29, 1.82) is 0 Å². The standard InChI is InChI=1S/C23H21ClN8O9S2/c1-39-21-28-18(24)27-19(29-21)25-14-8-6-12(16(10-14)42(33,34)35)4-5-13-7-9-15(11-17(13)43(36,37)38)26-20-30-22(40-2)32-23(31-20)41-3/h4-11H,1-3H3,(H,33,34,35)(H,36,37,38)(H,25,27,28,29)(H,26,30,31,32). The summed E-state index contributed by atoms with van der Waals surface area (Å²) in [5.74, 6) is -0.111. The van der Waals surface area contributed by atoms with Crippen LogP contribution < -0.4 is 24.8 Å². The SMILES string of the molecule is COc1nc(Cl)nc(Nc2ccc(C=Cc3ccc(Nc4nc(OC)nc(OC)n4)cc3S(=O)(=O)O)c(S(=O)(=O)O)c2)n1. The van der Waals surface area contributed by atoms with E-state index in [1.54, 1.807) is 0 Å². The number of aromatic nitrogens is 6. The predicted molar refractivity (Wildman–Crippen MR) is 152 cm³/mol. The summed E-state index contributed by atoms with van der Waals surface area (Å²) in [5.41, 5.74) is 0.264. The van der Waals surface area contributed by atoms with E-state index < -0.39 is 30.0 Å². The van der Waals surface area contributed by atoms with Crippen molar-refractivity contribution < 1.29 is 40.2 Å². The molecule has 2 aromatic heterocycles. The molecule has 20 heteroatoms. The zero-order chi connectivity index (χ0) is 31.4. The normalized spacial score (nSPS) is 11.8. The summed E-state index contributed by atoms with van der Waals surface area (Å²) in [6.45, 7) is 0. The van der Waals surface area contributed by atoms with Gasteiger partial charge in [0, 0.05) is 11.4 Å². The van der Waals surface area contributed by atoms with Gasteiger partial charge in [-0.1, -0.05) is 24.3 Å². The molecule has 0 spiro atoms. The molecule has 0 bridgehead atoms. The van der Waals surface area contributed by atoms with Crippen molar-refractivity contribution >= 4 is 67.3 Å². The molecule has 0 atom stereocenters. The molecule has 226 valence electrons. The molecule has 0 fully saturated rings. The van der Waals surface area contributed by atoms with Gasteiger partial charge in [0.15, 0.2) is 0 Å². The number of anilines is 4. The molecule has 2 heterocycles. The highest BCUT2D eigenvalue weighted by molar-refractivity contribution is 7.86. The van der Waals surface area contributed by atoms with Crippen LogP contribution in [-0.2, 0) is 20.2 Å². The van der Waals surface area contributed by atoms with Gasteiger partial charge < -0.3 is 24.8 Å². The molecule has 0 unspecified atom stereocenters. The number of hydrogen-bond acceptors (Lipinski definition) is 15. The lowest BCUT2D eigenvalue weighted by Crippen LogP contribution is -2.06. The smallest absolute Gasteiger partial charge is 0.324 e. The Morgan fingerprint density at radius 1 is 0.651 bits per heavy atom. The van der Waals surface area contributed by atoms with E-state index in [9.17, 15) is 25.9 Å². The van der Waals surface area contributed by atoms with Crippen LogP contribution in [0.4, 0.5) is 23.3 Å². The fraction of sp³-hybridized carbons (Fsp3) is 0.130. The van der Waals surface area contributed by atoms with E-state index >= 15 is 0 Å². The summed E-state index contributed by atoms with van der Waals surface area (Å²) in [4.78, 5) is 22.3. The summed E-state index contributed by atoms with van der Waals surface area (Å²) in [6, 6.07) is 7.49. The van der Waals surface area contributed by atoms with E-state index in [2.05, 4.69) is 40.5 Å². The molecule has 0 radical (unpaired) electrons. The van der Waals surface area contributed by atoms with Gasteiger partial charge >= 0.3 is 18.0 Å². The summed E-state index contributed by atoms with van der Waals surface area (Å²) in [6.07, 6.45) is 2.46. The molecule has 2 aromatic carbocycles. The topological polar surface area (TPSA) is 238 Å². The monoisotopic (exact) mass is 652 g/mol. The highest BCUT2D eigenvalue weighted by atomic mass is 35.5. The molecule has 43 heavy (non-hydrogen) atoms. The highest BCUT2D eigenvalue weighted by Crippen LogP contribution is 2.28. The second-order valence-electron chi connectivity index (χ2n) is 8.09. The first-order chi connectivity index (χ1) is 20.3. The lowest BCUT2D eigenvalue weighted by molar-refractivity contribution is 0.341. The van der Waals surface area contributed by atoms with Crippen molar-refractivity contribution in [2.75, 3.05) is 32.0 Å². The summed E-state index contributed by atoms with van der Waals surface area (Å²) >= 11 is 5.83. The Labute approximate surface area is 249 Å². The Kier molecular flexibility index (Phi) is 9.21. The quantitative estimate of drug-likeness (QED) is 0.134. The van der Waals surface area contributed by atoms with Gasteiger partial charge in [-0.3, -0.25) is 9.11 Å². The fourth-order valence-electron chi connectivity index (χ4n) is 3.44. The van der Waals surface area contributed by atoms with Gasteiger partial charge in [0.05, 0.1) is 21.3 Å². The minimum Gasteiger partial charge on any atom is -0.467 e. The van der Waals surface area contributed by atoms with Crippen LogP contribution in [0, 0.1) is 0 Å². The molecule has 0 aliphatic rings. The van der Waals surface area contributed by atoms with Gasteiger partial charge in [0.25, 0.3) is 20.2 Å². The van der Waals surface area contributed by atoms with E-state index in [0.717, 1.165) is 12.1 Å². The molecule has 0 aliphatic carbocycles. The van der Waals surface area contributed by atoms with Crippen molar-refractivity contribution in [3.63, 3.8) is 0 Å². The average molecular weight is 653 g/mol. The minimum atomic E-state index is -4.78. The zero-order valence-electron chi connectivity index (χ0n) is 22.2. The maximum atomic E-state index is 12.2. The van der Waals surface area contributed by atoms with Crippen molar-refractivity contribution in [3.05, 3.63) is 52.8 Å². The van der Waals surface area contributed by atoms with Crippen LogP contribution in [0.5, 0.6) is 18.0 Å². The van der Waals surface area contributed by atoms with E-state index in [-0.39, 0.29) is 57.7 Å². The summed E-state index contributed by atoms with van der Waals surface area (Å²) in [5, 5.41) is 5.30. The van der Waals surface area contributed by atoms with Gasteiger partial charge in [-0.05, 0) is 47.0 Å². The summed E-state index contributed by atoms with van der Waals surface area (Å²) < 4.78 is 83.5. The molecule has 4 rings (SSSR count). The van der Waals surface area contributed by atoms with E-state index in [1.807, 2.05) is 0 Å². The fourth-order valence-corrected chi connectivity index (χ4v) is 5.01. The predicted octanol–water partition coefficient (Wildman–Crippen LogP) is 2.89. The molecule has 4 N–H and O–H groups in total.